The lowest BCUT2D eigenvalue weighted by Crippen LogP contribution is -2.44. The zero-order chi connectivity index (χ0) is 17.4. The van der Waals surface area contributed by atoms with Crippen LogP contribution < -0.4 is 4.90 Å². The molecule has 0 fully saturated rings. The van der Waals surface area contributed by atoms with E-state index in [0.717, 1.165) is 16.1 Å². The predicted octanol–water partition coefficient (Wildman–Crippen LogP) is 4.27. The number of amides is 1. The third-order valence-corrected chi connectivity index (χ3v) is 5.25. The first-order valence-corrected chi connectivity index (χ1v) is 8.82. The molecular formula is C19H17N3O2S. The number of carbonyl (C=O) groups is 1. The minimum Gasteiger partial charge on any atom is -0.355 e. The molecule has 0 unspecified atom stereocenters. The molecule has 0 aliphatic carbocycles. The molecule has 0 atom stereocenters. The molecule has 3 heterocycles. The molecule has 126 valence electrons. The third kappa shape index (κ3) is 3.05. The summed E-state index contributed by atoms with van der Waals surface area (Å²) in [5.41, 5.74) is 2.02. The van der Waals surface area contributed by atoms with E-state index in [0.29, 0.717) is 18.0 Å². The van der Waals surface area contributed by atoms with Gasteiger partial charge < -0.3 is 9.42 Å². The molecule has 25 heavy (non-hydrogen) atoms. The van der Waals surface area contributed by atoms with Crippen molar-refractivity contribution in [1.29, 1.82) is 0 Å². The van der Waals surface area contributed by atoms with Gasteiger partial charge in [0.1, 0.15) is 0 Å². The zero-order valence-electron chi connectivity index (χ0n) is 14.0. The van der Waals surface area contributed by atoms with Gasteiger partial charge >= 0.3 is 0 Å². The number of aromatic nitrogens is 2. The maximum atomic E-state index is 13.1. The predicted molar refractivity (Wildman–Crippen MR) is 97.8 cm³/mol. The van der Waals surface area contributed by atoms with Crippen LogP contribution in [0.1, 0.15) is 24.3 Å². The summed E-state index contributed by atoms with van der Waals surface area (Å²) in [6, 6.07) is 13.3. The molecule has 1 aromatic carbocycles. The summed E-state index contributed by atoms with van der Waals surface area (Å²) < 4.78 is 5.29. The second-order valence-electron chi connectivity index (χ2n) is 6.54. The summed E-state index contributed by atoms with van der Waals surface area (Å²) in [5, 5.41) is 3.99. The third-order valence-electron chi connectivity index (χ3n) is 4.00. The zero-order valence-corrected chi connectivity index (χ0v) is 14.8. The molecule has 0 saturated heterocycles. The molecule has 0 saturated carbocycles. The summed E-state index contributed by atoms with van der Waals surface area (Å²) in [7, 11) is 0. The number of hydrogen-bond donors (Lipinski definition) is 0. The molecule has 1 aliphatic rings. The Bertz CT molecular complexity index is 921. The molecule has 0 N–H and O–H groups in total. The fraction of sp³-hybridized carbons (Fsp3) is 0.211. The van der Waals surface area contributed by atoms with Crippen molar-refractivity contribution in [1.82, 2.24) is 10.1 Å². The van der Waals surface area contributed by atoms with Gasteiger partial charge in [-0.3, -0.25) is 9.78 Å². The highest BCUT2D eigenvalue weighted by molar-refractivity contribution is 8.00. The summed E-state index contributed by atoms with van der Waals surface area (Å²) in [6.07, 6.45) is 3.38. The van der Waals surface area contributed by atoms with Crippen LogP contribution in [0, 0.1) is 0 Å². The van der Waals surface area contributed by atoms with Gasteiger partial charge in [0.2, 0.25) is 0 Å². The lowest BCUT2D eigenvalue weighted by molar-refractivity contribution is 0.0975. The van der Waals surface area contributed by atoms with Crippen LogP contribution >= 0.6 is 11.8 Å². The highest BCUT2D eigenvalue weighted by Gasteiger charge is 2.35. The first-order valence-electron chi connectivity index (χ1n) is 8.00. The number of pyridine rings is 1. The number of para-hydroxylation sites is 1. The molecule has 5 nitrogen and oxygen atoms in total. The van der Waals surface area contributed by atoms with Crippen molar-refractivity contribution in [3.05, 3.63) is 60.6 Å². The summed E-state index contributed by atoms with van der Waals surface area (Å²) in [5.74, 6) is 0.384. The first kappa shape index (κ1) is 15.9. The van der Waals surface area contributed by atoms with E-state index in [9.17, 15) is 4.79 Å². The van der Waals surface area contributed by atoms with E-state index in [4.69, 9.17) is 4.52 Å². The van der Waals surface area contributed by atoms with Gasteiger partial charge in [-0.1, -0.05) is 17.3 Å². The Morgan fingerprint density at radius 1 is 1.24 bits per heavy atom. The quantitative estimate of drug-likeness (QED) is 0.690. The normalized spacial score (nSPS) is 15.7. The van der Waals surface area contributed by atoms with Crippen molar-refractivity contribution in [3.8, 4) is 11.3 Å². The lowest BCUT2D eigenvalue weighted by atomic mass is 10.1. The molecule has 1 aliphatic heterocycles. The van der Waals surface area contributed by atoms with Crippen LogP contribution in [0.25, 0.3) is 11.3 Å². The van der Waals surface area contributed by atoms with Gasteiger partial charge in [0, 0.05) is 40.2 Å². The van der Waals surface area contributed by atoms with Gasteiger partial charge in [-0.15, -0.1) is 11.8 Å². The van der Waals surface area contributed by atoms with Crippen molar-refractivity contribution in [2.45, 2.75) is 23.5 Å². The van der Waals surface area contributed by atoms with Crippen LogP contribution in [-0.2, 0) is 0 Å². The molecule has 0 bridgehead atoms. The van der Waals surface area contributed by atoms with E-state index in [1.165, 1.54) is 0 Å². The lowest BCUT2D eigenvalue weighted by Gasteiger charge is -2.38. The monoisotopic (exact) mass is 351 g/mol. The molecule has 4 rings (SSSR count). The Balaban J connectivity index is 1.69. The van der Waals surface area contributed by atoms with Gasteiger partial charge in [0.05, 0.1) is 5.69 Å². The SMILES string of the molecule is CC1(C)CN(C(=O)c2cc(-c3cccnc3)on2)c2ccccc2S1. The van der Waals surface area contributed by atoms with Gasteiger partial charge in [-0.2, -0.15) is 0 Å². The van der Waals surface area contributed by atoms with E-state index in [2.05, 4.69) is 24.0 Å². The van der Waals surface area contributed by atoms with Gasteiger partial charge in [0.15, 0.2) is 11.5 Å². The first-order chi connectivity index (χ1) is 12.0. The van der Waals surface area contributed by atoms with E-state index in [-0.39, 0.29) is 10.7 Å². The van der Waals surface area contributed by atoms with Crippen LogP contribution in [-0.4, -0.2) is 27.3 Å². The van der Waals surface area contributed by atoms with Crippen molar-refractivity contribution in [2.24, 2.45) is 0 Å². The molecule has 6 heteroatoms. The minimum absolute atomic E-state index is 0.0695. The second kappa shape index (κ2) is 6.04. The average Bonchev–Trinajstić information content (AvgIpc) is 3.10. The smallest absolute Gasteiger partial charge is 0.280 e. The number of benzene rings is 1. The molecular weight excluding hydrogens is 334 g/mol. The summed E-state index contributed by atoms with van der Waals surface area (Å²) in [4.78, 5) is 20.0. The highest BCUT2D eigenvalue weighted by Crippen LogP contribution is 2.44. The number of hydrogen-bond acceptors (Lipinski definition) is 5. The Hall–Kier alpha value is -2.60. The maximum Gasteiger partial charge on any atom is 0.280 e. The number of anilines is 1. The van der Waals surface area contributed by atoms with Crippen LogP contribution in [0.5, 0.6) is 0 Å². The second-order valence-corrected chi connectivity index (χ2v) is 8.29. The summed E-state index contributed by atoms with van der Waals surface area (Å²) >= 11 is 1.79. The number of carbonyl (C=O) groups excluding carboxylic acids is 1. The molecule has 0 spiro atoms. The number of fused-ring (bicyclic) bond motifs is 1. The highest BCUT2D eigenvalue weighted by atomic mass is 32.2. The van der Waals surface area contributed by atoms with E-state index >= 15 is 0 Å². The van der Waals surface area contributed by atoms with Crippen LogP contribution in [0.15, 0.2) is 64.3 Å². The van der Waals surface area contributed by atoms with Crippen LogP contribution in [0.3, 0.4) is 0 Å². The Kier molecular flexibility index (Phi) is 3.84. The Morgan fingerprint density at radius 3 is 2.88 bits per heavy atom. The molecule has 0 radical (unpaired) electrons. The fourth-order valence-corrected chi connectivity index (χ4v) is 4.12. The Labute approximate surface area is 150 Å². The van der Waals surface area contributed by atoms with Crippen molar-refractivity contribution in [2.75, 3.05) is 11.4 Å². The topological polar surface area (TPSA) is 59.2 Å². The standard InChI is InChI=1S/C19H17N3O2S/c1-19(2)12-22(15-7-3-4-8-17(15)25-19)18(23)14-10-16(24-21-14)13-6-5-9-20-11-13/h3-11H,12H2,1-2H3. The fourth-order valence-electron chi connectivity index (χ4n) is 2.90. The van der Waals surface area contributed by atoms with Crippen molar-refractivity contribution in [3.63, 3.8) is 0 Å². The molecule has 2 aromatic heterocycles. The van der Waals surface area contributed by atoms with E-state index in [1.54, 1.807) is 35.1 Å². The maximum absolute atomic E-state index is 13.1. The van der Waals surface area contributed by atoms with Crippen molar-refractivity contribution >= 4 is 23.4 Å². The van der Waals surface area contributed by atoms with Gasteiger partial charge in [-0.05, 0) is 38.1 Å². The molecule has 1 amide bonds. The van der Waals surface area contributed by atoms with Gasteiger partial charge in [0.25, 0.3) is 5.91 Å². The van der Waals surface area contributed by atoms with Gasteiger partial charge in [-0.25, -0.2) is 0 Å². The Morgan fingerprint density at radius 2 is 2.08 bits per heavy atom. The van der Waals surface area contributed by atoms with Crippen LogP contribution in [0.2, 0.25) is 0 Å². The van der Waals surface area contributed by atoms with E-state index in [1.807, 2.05) is 36.4 Å². The van der Waals surface area contributed by atoms with Crippen LogP contribution in [0.4, 0.5) is 5.69 Å². The largest absolute Gasteiger partial charge is 0.355 e. The number of rotatable bonds is 2. The minimum atomic E-state index is -0.153. The summed E-state index contributed by atoms with van der Waals surface area (Å²) in [6.45, 7) is 4.89. The average molecular weight is 351 g/mol. The molecule has 3 aromatic rings. The number of nitrogens with zero attached hydrogens (tertiary/aromatic N) is 3. The van der Waals surface area contributed by atoms with Crippen molar-refractivity contribution < 1.29 is 9.32 Å². The number of thioether (sulfide) groups is 1. The van der Waals surface area contributed by atoms with E-state index < -0.39 is 0 Å².